The van der Waals surface area contributed by atoms with Crippen molar-refractivity contribution in [3.8, 4) is 0 Å². The minimum Gasteiger partial charge on any atom is -0.481 e. The summed E-state index contributed by atoms with van der Waals surface area (Å²) in [6, 6.07) is -9.83. The Morgan fingerprint density at radius 2 is 1.01 bits per heavy atom. The number of H-pyrrole nitrogens is 1. The average Bonchev–Trinajstić information content (AvgIpc) is 2.37. The van der Waals surface area contributed by atoms with Crippen LogP contribution in [0.4, 0.5) is 11.6 Å². The molecule has 40 heteroatoms. The number of hydrogen-bond acceptors (Lipinski definition) is 29. The van der Waals surface area contributed by atoms with Crippen molar-refractivity contribution in [2.24, 2.45) is 0 Å². The van der Waals surface area contributed by atoms with E-state index in [1.807, 2.05) is 5.32 Å². The number of hydrogen-bond donors (Lipinski definition) is 26. The van der Waals surface area contributed by atoms with E-state index in [0.29, 0.717) is 11.4 Å². The van der Waals surface area contributed by atoms with Gasteiger partial charge in [-0.1, -0.05) is 0 Å². The summed E-state index contributed by atoms with van der Waals surface area (Å²) in [6.07, 6.45) is -25.3. The zero-order valence-electron chi connectivity index (χ0n) is 46.1. The van der Waals surface area contributed by atoms with E-state index in [4.69, 9.17) is 5.73 Å². The van der Waals surface area contributed by atoms with Crippen molar-refractivity contribution in [2.45, 2.75) is 136 Å². The first kappa shape index (κ1) is 73.9. The van der Waals surface area contributed by atoms with Crippen molar-refractivity contribution in [3.05, 3.63) is 52.1 Å². The molecule has 0 saturated heterocycles. The van der Waals surface area contributed by atoms with Crippen molar-refractivity contribution in [1.82, 2.24) is 57.2 Å². The van der Waals surface area contributed by atoms with Crippen LogP contribution >= 0.6 is 12.6 Å². The van der Waals surface area contributed by atoms with Gasteiger partial charge >= 0.3 is 17.9 Å². The lowest BCUT2D eigenvalue weighted by atomic mass is 9.98. The van der Waals surface area contributed by atoms with E-state index in [2.05, 4.69) is 43.2 Å². The fourth-order valence-electron chi connectivity index (χ4n) is 7.72. The molecule has 2 heterocycles. The van der Waals surface area contributed by atoms with Gasteiger partial charge in [0.2, 0.25) is 41.4 Å². The zero-order valence-corrected chi connectivity index (χ0v) is 46.9. The average molecular weight is 1280 g/mol. The molecule has 0 saturated carbocycles. The number of carbonyl (C=O) groups is 10. The topological polar surface area (TPSA) is 668 Å². The van der Waals surface area contributed by atoms with Gasteiger partial charge in [-0.3, -0.25) is 52.9 Å². The smallest absolute Gasteiger partial charge is 0.327 e. The number of amides is 7. The quantitative estimate of drug-likeness (QED) is 0.0238. The van der Waals surface area contributed by atoms with Crippen LogP contribution in [0.2, 0.25) is 0 Å². The van der Waals surface area contributed by atoms with Gasteiger partial charge in [-0.05, 0) is 37.6 Å². The Morgan fingerprint density at radius 3 is 1.42 bits per heavy atom. The van der Waals surface area contributed by atoms with E-state index in [0.717, 1.165) is 0 Å². The highest BCUT2D eigenvalue weighted by Crippen LogP contribution is 2.15. The number of thiol groups is 1. The Balaban J connectivity index is 1.86. The lowest BCUT2D eigenvalue weighted by Crippen LogP contribution is -2.66. The highest BCUT2D eigenvalue weighted by molar-refractivity contribution is 7.80. The standard InChI is InChI=1S/C48H69N13O26S/c1-16(52-40(79)17-3-5-18(6-4-17)50-10-19-11-51-39-32(53-19)46(85)61-48(49)60-39)2-7-26(68)57-29(36(76)33(73)23(65)12-62)43(82)54-20(8-27(69)70)41(80)58-30(37(77)34(74)24(66)13-63)44(83)55-21(9-28(71)72)42(81)59-31(38(78)35(75)25(67)14-64)45(84)56-22(15-88)47(86)87/h3-6,11,16,20-25,29-31,33-38,50,62-67,73-78,88H,2,7-10,12-15H2,1H3,(H,52,79)(H,54,82)(H,55,83)(H,56,84)(H,57,68)(H,58,80)(H,59,81)(H,69,70)(H,71,72)(H,86,87)(H3,49,51,60,61,85)/t16-,20+,21+,22-,23-,24-,25-,29+,30+,31+,33-,34-,35-,36-,37-,38-/m1/s1. The number of nitrogen functional groups attached to an aromatic ring is 1. The number of anilines is 2. The van der Waals surface area contributed by atoms with E-state index < -0.39 is 207 Å². The van der Waals surface area contributed by atoms with Gasteiger partial charge in [0.25, 0.3) is 11.5 Å². The van der Waals surface area contributed by atoms with Crippen LogP contribution in [-0.4, -0.2) is 279 Å². The van der Waals surface area contributed by atoms with E-state index in [1.165, 1.54) is 37.4 Å². The molecule has 7 amide bonds. The van der Waals surface area contributed by atoms with Gasteiger partial charge in [-0.15, -0.1) is 0 Å². The molecule has 2 aromatic heterocycles. The molecule has 0 aliphatic rings. The van der Waals surface area contributed by atoms with Gasteiger partial charge in [-0.25, -0.2) is 14.8 Å². The number of carboxylic acids is 3. The van der Waals surface area contributed by atoms with Gasteiger partial charge in [0.05, 0.1) is 51.1 Å². The van der Waals surface area contributed by atoms with Crippen LogP contribution in [0.5, 0.6) is 0 Å². The Hall–Kier alpha value is -8.39. The molecule has 0 aliphatic carbocycles. The zero-order chi connectivity index (χ0) is 66.4. The minimum absolute atomic E-state index is 0.0334. The summed E-state index contributed by atoms with van der Waals surface area (Å²) in [4.78, 5) is 158. The first-order chi connectivity index (χ1) is 41.3. The Bertz CT molecular complexity index is 2990. The number of aromatic nitrogens is 4. The largest absolute Gasteiger partial charge is 0.481 e. The molecule has 0 aliphatic heterocycles. The first-order valence-electron chi connectivity index (χ1n) is 26.0. The second-order valence-corrected chi connectivity index (χ2v) is 19.8. The third-order valence-electron chi connectivity index (χ3n) is 12.7. The van der Waals surface area contributed by atoms with Crippen LogP contribution in [0.25, 0.3) is 11.2 Å². The maximum absolute atomic E-state index is 14.0. The maximum Gasteiger partial charge on any atom is 0.327 e. The molecule has 0 unspecified atom stereocenters. The van der Waals surface area contributed by atoms with Crippen molar-refractivity contribution < 1.29 is 125 Å². The Labute approximate surface area is 500 Å². The van der Waals surface area contributed by atoms with Crippen LogP contribution in [0.15, 0.2) is 35.3 Å². The van der Waals surface area contributed by atoms with Crippen LogP contribution in [0.1, 0.15) is 48.7 Å². The summed E-state index contributed by atoms with van der Waals surface area (Å²) in [7, 11) is 0. The summed E-state index contributed by atoms with van der Waals surface area (Å²) in [6.45, 7) is -2.39. The summed E-state index contributed by atoms with van der Waals surface area (Å²) in [5, 5.41) is 168. The molecular weight excluding hydrogens is 1210 g/mol. The number of nitrogens with one attached hydrogen (secondary N) is 9. The van der Waals surface area contributed by atoms with E-state index in [-0.39, 0.29) is 35.6 Å². The lowest BCUT2D eigenvalue weighted by molar-refractivity contribution is -0.147. The predicted molar refractivity (Wildman–Crippen MR) is 295 cm³/mol. The number of nitrogens with zero attached hydrogens (tertiary/aromatic N) is 3. The maximum atomic E-state index is 14.0. The molecule has 3 rings (SSSR count). The predicted octanol–water partition coefficient (Wildman–Crippen LogP) is -12.1. The SMILES string of the molecule is C[C@H](CCC(=O)N[C@H](C(=O)N[C@@H](CC(=O)O)C(=O)N[C@H](C(=O)N[C@@H](CC(=O)O)C(=O)N[C@H](C(=O)N[C@H](CS)C(=O)O)[C@@H](O)[C@H](O)[C@H](O)CO)[C@@H](O)[C@H](O)[C@H](O)CO)[C@@H](O)[C@H](O)[C@H](O)CO)NC(=O)c1ccc(NCc2cnc3nc(N)[nH]c(=O)c3n2)cc1. The molecule has 16 atom stereocenters. The van der Waals surface area contributed by atoms with Gasteiger partial charge in [0.15, 0.2) is 11.2 Å². The second-order valence-electron chi connectivity index (χ2n) is 19.4. The molecule has 39 nitrogen and oxygen atoms in total. The number of rotatable bonds is 37. The second kappa shape index (κ2) is 34.8. The van der Waals surface area contributed by atoms with E-state index in [9.17, 15) is 129 Å². The Kier molecular flexibility index (Phi) is 29.2. The number of fused-ring (bicyclic) bond motifs is 1. The number of aliphatic carboxylic acids is 3. The number of carbonyl (C=O) groups excluding carboxylic acids is 7. The number of aromatic amines is 1. The molecule has 0 fully saturated rings. The van der Waals surface area contributed by atoms with Gasteiger partial charge in [0.1, 0.15) is 91.2 Å². The molecular formula is C48H69N13O26S. The van der Waals surface area contributed by atoms with Crippen LogP contribution in [-0.2, 0) is 49.7 Å². The van der Waals surface area contributed by atoms with E-state index in [1.54, 1.807) is 26.6 Å². The van der Waals surface area contributed by atoms with Crippen molar-refractivity contribution >= 4 is 94.7 Å². The van der Waals surface area contributed by atoms with E-state index >= 15 is 0 Å². The highest BCUT2D eigenvalue weighted by Gasteiger charge is 2.44. The van der Waals surface area contributed by atoms with Crippen molar-refractivity contribution in [3.63, 3.8) is 0 Å². The fraction of sp³-hybridized carbons (Fsp3) is 0.542. The summed E-state index contributed by atoms with van der Waals surface area (Å²) < 4.78 is 0. The third kappa shape index (κ3) is 21.8. The summed E-state index contributed by atoms with van der Waals surface area (Å²) >= 11 is 3.75. The Morgan fingerprint density at radius 1 is 0.580 bits per heavy atom. The minimum atomic E-state index is -2.89. The van der Waals surface area contributed by atoms with Gasteiger partial charge < -0.3 is 125 Å². The molecule has 88 heavy (non-hydrogen) atoms. The van der Waals surface area contributed by atoms with Crippen LogP contribution in [0.3, 0.4) is 0 Å². The third-order valence-corrected chi connectivity index (χ3v) is 13.1. The molecule has 1 aromatic carbocycles. The van der Waals surface area contributed by atoms with Crippen molar-refractivity contribution in [1.29, 1.82) is 0 Å². The molecule has 488 valence electrons. The summed E-state index contributed by atoms with van der Waals surface area (Å²) in [5.74, 6) is -17.3. The number of aliphatic hydroxyl groups excluding tert-OH is 12. The molecule has 0 bridgehead atoms. The number of nitrogens with two attached hydrogens (primary N) is 1. The van der Waals surface area contributed by atoms with Crippen molar-refractivity contribution in [2.75, 3.05) is 36.6 Å². The number of carboxylic acid groups (broad SMARTS) is 3. The fourth-order valence-corrected chi connectivity index (χ4v) is 7.97. The van der Waals surface area contributed by atoms with Crippen LogP contribution < -0.4 is 53.8 Å². The number of benzene rings is 1. The normalized spacial score (nSPS) is 16.9. The lowest BCUT2D eigenvalue weighted by Gasteiger charge is -2.33. The molecule has 0 radical (unpaired) electrons. The monoisotopic (exact) mass is 1280 g/mol. The van der Waals surface area contributed by atoms with Gasteiger partial charge in [-0.2, -0.15) is 17.6 Å². The number of aliphatic hydroxyl groups is 12. The molecule has 26 N–H and O–H groups in total. The van der Waals surface area contributed by atoms with Crippen LogP contribution in [0, 0.1) is 0 Å². The molecule has 3 aromatic rings. The highest BCUT2D eigenvalue weighted by atomic mass is 32.1. The summed E-state index contributed by atoms with van der Waals surface area (Å²) in [5.41, 5.74) is 5.93. The van der Waals surface area contributed by atoms with Gasteiger partial charge in [0, 0.05) is 29.5 Å². The first-order valence-corrected chi connectivity index (χ1v) is 26.6. The molecule has 0 spiro atoms.